The van der Waals surface area contributed by atoms with Gasteiger partial charge in [0.2, 0.25) is 11.8 Å². The van der Waals surface area contributed by atoms with Crippen LogP contribution in [-0.4, -0.2) is 95.0 Å². The number of unbranched alkanes of at least 4 members (excludes halogenated alkanes) is 1. The monoisotopic (exact) mass is 568 g/mol. The third-order valence-corrected chi connectivity index (χ3v) is 10.7. The second-order valence-corrected chi connectivity index (χ2v) is 12.6. The van der Waals surface area contributed by atoms with Gasteiger partial charge in [0.1, 0.15) is 6.04 Å². The Morgan fingerprint density at radius 3 is 2.33 bits per heavy atom. The van der Waals surface area contributed by atoms with E-state index in [2.05, 4.69) is 31.9 Å². The Morgan fingerprint density at radius 1 is 1.07 bits per heavy atom. The maximum atomic E-state index is 14.6. The number of nitrogens with zero attached hydrogens (tertiary/aromatic N) is 4. The molecule has 3 amide bonds. The Balaban J connectivity index is 1.71. The van der Waals surface area contributed by atoms with Crippen molar-refractivity contribution in [2.75, 3.05) is 56.2 Å². The van der Waals surface area contributed by atoms with Gasteiger partial charge in [0, 0.05) is 63.0 Å². The molecule has 1 spiro atoms. The zero-order chi connectivity index (χ0) is 29.0. The third-order valence-electron chi connectivity index (χ3n) is 8.77. The number of carbonyl (C=O) groups is 3. The summed E-state index contributed by atoms with van der Waals surface area (Å²) in [5.41, 5.74) is 1.86. The summed E-state index contributed by atoms with van der Waals surface area (Å²) in [6, 6.07) is 7.32. The number of benzene rings is 1. The normalized spacial score (nSPS) is 26.5. The molecule has 218 valence electrons. The van der Waals surface area contributed by atoms with Crippen LogP contribution >= 0.6 is 11.8 Å². The molecule has 2 bridgehead atoms. The van der Waals surface area contributed by atoms with E-state index in [1.54, 1.807) is 45.7 Å². The smallest absolute Gasteiger partial charge is 0.251 e. The predicted molar refractivity (Wildman–Crippen MR) is 163 cm³/mol. The van der Waals surface area contributed by atoms with Crippen molar-refractivity contribution in [2.24, 2.45) is 11.8 Å². The van der Waals surface area contributed by atoms with Crippen LogP contribution in [-0.2, 0) is 14.4 Å². The number of aliphatic hydroxyl groups excluding tert-OH is 1. The van der Waals surface area contributed by atoms with Crippen molar-refractivity contribution in [1.29, 1.82) is 0 Å². The first-order valence-electron chi connectivity index (χ1n) is 14.5. The number of carbonyl (C=O) groups excluding carboxylic acids is 3. The van der Waals surface area contributed by atoms with Gasteiger partial charge < -0.3 is 24.7 Å². The summed E-state index contributed by atoms with van der Waals surface area (Å²) in [6.45, 7) is 14.8. The first kappa shape index (κ1) is 30.2. The van der Waals surface area contributed by atoms with Crippen molar-refractivity contribution in [3.8, 4) is 0 Å². The predicted octanol–water partition coefficient (Wildman–Crippen LogP) is 3.56. The lowest BCUT2D eigenvalue weighted by atomic mass is 9.70. The molecule has 8 nitrogen and oxygen atoms in total. The van der Waals surface area contributed by atoms with Gasteiger partial charge in [-0.3, -0.25) is 14.4 Å². The molecular formula is C31H44N4O4S. The van der Waals surface area contributed by atoms with Crippen molar-refractivity contribution in [3.05, 3.63) is 49.6 Å². The maximum absolute atomic E-state index is 14.6. The highest BCUT2D eigenvalue weighted by atomic mass is 32.2. The highest BCUT2D eigenvalue weighted by Crippen LogP contribution is 2.66. The fourth-order valence-electron chi connectivity index (χ4n) is 6.92. The molecule has 0 aromatic heterocycles. The summed E-state index contributed by atoms with van der Waals surface area (Å²) in [4.78, 5) is 49.7. The van der Waals surface area contributed by atoms with E-state index in [0.29, 0.717) is 32.5 Å². The fraction of sp³-hybridized carbons (Fsp3) is 0.581. The number of amides is 3. The van der Waals surface area contributed by atoms with E-state index in [1.165, 1.54) is 0 Å². The maximum Gasteiger partial charge on any atom is 0.251 e. The van der Waals surface area contributed by atoms with Gasteiger partial charge in [-0.25, -0.2) is 0 Å². The largest absolute Gasteiger partial charge is 0.396 e. The van der Waals surface area contributed by atoms with Crippen LogP contribution in [0.3, 0.4) is 0 Å². The van der Waals surface area contributed by atoms with Crippen molar-refractivity contribution >= 4 is 40.9 Å². The fourth-order valence-corrected chi connectivity index (χ4v) is 9.12. The Hall–Kier alpha value is -2.78. The third kappa shape index (κ3) is 5.18. The minimum atomic E-state index is -0.677. The van der Waals surface area contributed by atoms with E-state index in [-0.39, 0.29) is 29.6 Å². The number of likely N-dealkylation sites (N-methyl/N-ethyl adjacent to an activating group) is 1. The van der Waals surface area contributed by atoms with E-state index >= 15 is 0 Å². The summed E-state index contributed by atoms with van der Waals surface area (Å²) in [6.07, 6.45) is 6.08. The molecule has 1 aromatic carbocycles. The lowest BCUT2D eigenvalue weighted by Crippen LogP contribution is -2.55. The number of aliphatic hydroxyl groups is 1. The summed E-state index contributed by atoms with van der Waals surface area (Å²) in [7, 11) is 1.75. The summed E-state index contributed by atoms with van der Waals surface area (Å²) < 4.78 is -0.645. The standard InChI is InChI=1S/C31H44N4O4S/c1-6-18-32(5)28(37)25-24-16-17-31(40-24)26(25)29(38)35(20-10-11-21-36)27(31)30(39)34(19-7-2)23-14-12-22(13-15-23)33(8-3)9-4/h6-7,12-15,24-27,36H,1-2,8-11,16-21H2,3-5H3/t24-,25+,26-,27?,31?/m0/s1. The molecule has 3 fully saturated rings. The molecule has 40 heavy (non-hydrogen) atoms. The van der Waals surface area contributed by atoms with Crippen LogP contribution in [0.25, 0.3) is 0 Å². The first-order valence-corrected chi connectivity index (χ1v) is 15.4. The Bertz CT molecular complexity index is 1110. The van der Waals surface area contributed by atoms with Gasteiger partial charge in [0.25, 0.3) is 5.91 Å². The SMILES string of the molecule is C=CCN(C)C(=O)[C@@H]1[C@@H]2CCC3(S2)C(C(=O)N(CC=C)c2ccc(N(CC)CC)cc2)N(CCCCO)C(=O)[C@H]13. The molecule has 1 N–H and O–H groups in total. The molecule has 0 saturated carbocycles. The quantitative estimate of drug-likeness (QED) is 0.273. The van der Waals surface area contributed by atoms with E-state index in [0.717, 1.165) is 37.3 Å². The second-order valence-electron chi connectivity index (χ2n) is 11.0. The minimum absolute atomic E-state index is 0.0183. The Morgan fingerprint density at radius 2 is 1.73 bits per heavy atom. The highest BCUT2D eigenvalue weighted by Gasteiger charge is 2.73. The van der Waals surface area contributed by atoms with Crippen LogP contribution in [0.4, 0.5) is 11.4 Å². The van der Waals surface area contributed by atoms with Crippen LogP contribution in [0, 0.1) is 11.8 Å². The lowest BCUT2D eigenvalue weighted by molar-refractivity contribution is -0.143. The molecule has 3 saturated heterocycles. The molecule has 2 unspecified atom stereocenters. The van der Waals surface area contributed by atoms with Crippen LogP contribution in [0.1, 0.15) is 39.5 Å². The van der Waals surface area contributed by atoms with Gasteiger partial charge in [0.05, 0.1) is 16.6 Å². The number of hydrogen-bond donors (Lipinski definition) is 1. The van der Waals surface area contributed by atoms with E-state index in [9.17, 15) is 19.5 Å². The molecule has 9 heteroatoms. The Kier molecular flexibility index (Phi) is 9.67. The van der Waals surface area contributed by atoms with Gasteiger partial charge >= 0.3 is 0 Å². The molecule has 5 atom stereocenters. The molecule has 1 aromatic rings. The topological polar surface area (TPSA) is 84.4 Å². The second kappa shape index (κ2) is 12.8. The zero-order valence-corrected chi connectivity index (χ0v) is 24.9. The average molecular weight is 569 g/mol. The molecular weight excluding hydrogens is 524 g/mol. The molecule has 3 aliphatic rings. The van der Waals surface area contributed by atoms with E-state index < -0.39 is 22.6 Å². The minimum Gasteiger partial charge on any atom is -0.396 e. The van der Waals surface area contributed by atoms with Crippen molar-refractivity contribution in [1.82, 2.24) is 9.80 Å². The number of thioether (sulfide) groups is 1. The highest BCUT2D eigenvalue weighted by molar-refractivity contribution is 8.02. The van der Waals surface area contributed by atoms with Crippen molar-refractivity contribution in [2.45, 2.75) is 55.6 Å². The molecule has 0 aliphatic carbocycles. The van der Waals surface area contributed by atoms with Gasteiger partial charge in [-0.15, -0.1) is 24.9 Å². The number of rotatable bonds is 14. The summed E-state index contributed by atoms with van der Waals surface area (Å²) >= 11 is 1.68. The zero-order valence-electron chi connectivity index (χ0n) is 24.1. The van der Waals surface area contributed by atoms with Crippen molar-refractivity contribution in [3.63, 3.8) is 0 Å². The van der Waals surface area contributed by atoms with Crippen molar-refractivity contribution < 1.29 is 19.5 Å². The van der Waals surface area contributed by atoms with Gasteiger partial charge in [0.15, 0.2) is 0 Å². The van der Waals surface area contributed by atoms with Crippen LogP contribution in [0.5, 0.6) is 0 Å². The summed E-state index contributed by atoms with van der Waals surface area (Å²) in [5, 5.41) is 9.44. The van der Waals surface area contributed by atoms with Crippen LogP contribution in [0.15, 0.2) is 49.6 Å². The number of fused-ring (bicyclic) bond motifs is 1. The first-order chi connectivity index (χ1) is 19.3. The Labute approximate surface area is 243 Å². The van der Waals surface area contributed by atoms with Gasteiger partial charge in [-0.1, -0.05) is 12.2 Å². The van der Waals surface area contributed by atoms with E-state index in [4.69, 9.17) is 0 Å². The number of hydrogen-bond acceptors (Lipinski definition) is 6. The van der Waals surface area contributed by atoms with E-state index in [1.807, 2.05) is 24.3 Å². The average Bonchev–Trinajstić information content (AvgIpc) is 3.60. The van der Waals surface area contributed by atoms with Crippen LogP contribution < -0.4 is 9.80 Å². The molecule has 4 rings (SSSR count). The molecule has 3 heterocycles. The van der Waals surface area contributed by atoms with Gasteiger partial charge in [-0.2, -0.15) is 0 Å². The molecule has 0 radical (unpaired) electrons. The molecule has 3 aliphatic heterocycles. The lowest BCUT2D eigenvalue weighted by Gasteiger charge is -2.37. The van der Waals surface area contributed by atoms with Crippen LogP contribution in [0.2, 0.25) is 0 Å². The number of anilines is 2. The number of likely N-dealkylation sites (tertiary alicyclic amines) is 1. The van der Waals surface area contributed by atoms with Gasteiger partial charge in [-0.05, 0) is 63.8 Å². The summed E-state index contributed by atoms with van der Waals surface area (Å²) in [5.74, 6) is -1.26.